The first-order chi connectivity index (χ1) is 11.5. The summed E-state index contributed by atoms with van der Waals surface area (Å²) in [4.78, 5) is 16.1. The quantitative estimate of drug-likeness (QED) is 0.381. The summed E-state index contributed by atoms with van der Waals surface area (Å²) in [5, 5.41) is 8.29. The molecule has 2 aliphatic heterocycles. The van der Waals surface area contributed by atoms with Crippen molar-refractivity contribution in [3.05, 3.63) is 0 Å². The fraction of sp³-hybridized carbons (Fsp3) is 0.882. The zero-order valence-corrected chi connectivity index (χ0v) is 15.6. The highest BCUT2D eigenvalue weighted by Crippen LogP contribution is 2.21. The van der Waals surface area contributed by atoms with Gasteiger partial charge in [0.25, 0.3) is 0 Å². The number of nitrogens with zero attached hydrogens (tertiary/aromatic N) is 2. The maximum Gasteiger partial charge on any atom is 0.239 e. The average Bonchev–Trinajstić information content (AvgIpc) is 2.61. The first-order valence-electron chi connectivity index (χ1n) is 9.14. The number of ether oxygens (including phenoxy) is 1. The lowest BCUT2D eigenvalue weighted by atomic mass is 9.96. The third kappa shape index (κ3) is 5.63. The molecule has 2 fully saturated rings. The largest absolute Gasteiger partial charge is 0.475 e. The molecule has 24 heavy (non-hydrogen) atoms. The Morgan fingerprint density at radius 1 is 1.25 bits per heavy atom. The molecule has 0 bridgehead atoms. The van der Waals surface area contributed by atoms with E-state index in [-0.39, 0.29) is 17.9 Å². The Labute approximate surface area is 151 Å². The highest BCUT2D eigenvalue weighted by Gasteiger charge is 2.29. The van der Waals surface area contributed by atoms with E-state index in [1.54, 1.807) is 11.8 Å². The Bertz CT molecular complexity index is 419. The topological polar surface area (TPSA) is 82.7 Å². The number of nitrogens with one attached hydrogen (secondary N) is 1. The smallest absolute Gasteiger partial charge is 0.239 e. The molecule has 7 heteroatoms. The molecule has 2 saturated heterocycles. The minimum absolute atomic E-state index is 0.000711. The molecular formula is C17H32N4O2S. The van der Waals surface area contributed by atoms with Gasteiger partial charge in [-0.25, -0.2) is 0 Å². The summed E-state index contributed by atoms with van der Waals surface area (Å²) >= 11 is 4.40. The van der Waals surface area contributed by atoms with E-state index in [0.717, 1.165) is 32.5 Å². The lowest BCUT2D eigenvalue weighted by Crippen LogP contribution is -2.47. The zero-order valence-electron chi connectivity index (χ0n) is 14.7. The van der Waals surface area contributed by atoms with Gasteiger partial charge in [-0.1, -0.05) is 6.42 Å². The van der Waals surface area contributed by atoms with Crippen molar-refractivity contribution in [3.8, 4) is 0 Å². The molecule has 1 amide bonds. The van der Waals surface area contributed by atoms with Crippen LogP contribution in [-0.2, 0) is 9.53 Å². The molecule has 2 heterocycles. The summed E-state index contributed by atoms with van der Waals surface area (Å²) < 4.78 is 5.92. The maximum atomic E-state index is 11.9. The van der Waals surface area contributed by atoms with Crippen LogP contribution >= 0.6 is 12.6 Å². The van der Waals surface area contributed by atoms with Crippen LogP contribution in [0.25, 0.3) is 0 Å². The fourth-order valence-corrected chi connectivity index (χ4v) is 3.68. The third-order valence-corrected chi connectivity index (χ3v) is 5.38. The molecule has 2 atom stereocenters. The second-order valence-corrected chi connectivity index (χ2v) is 7.40. The molecule has 0 radical (unpaired) electrons. The summed E-state index contributed by atoms with van der Waals surface area (Å²) in [5.74, 6) is 1.09. The Balaban J connectivity index is 1.76. The van der Waals surface area contributed by atoms with E-state index in [1.807, 2.05) is 0 Å². The lowest BCUT2D eigenvalue weighted by molar-refractivity contribution is -0.133. The van der Waals surface area contributed by atoms with Crippen LogP contribution < -0.4 is 5.73 Å². The number of thiol groups is 1. The van der Waals surface area contributed by atoms with Gasteiger partial charge < -0.3 is 15.4 Å². The van der Waals surface area contributed by atoms with Crippen LogP contribution in [0.1, 0.15) is 39.0 Å². The van der Waals surface area contributed by atoms with Crippen LogP contribution in [0.2, 0.25) is 0 Å². The number of carbonyl (C=O) groups excluding carboxylic acids is 1. The first kappa shape index (κ1) is 19.5. The van der Waals surface area contributed by atoms with Crippen molar-refractivity contribution in [2.24, 2.45) is 11.7 Å². The van der Waals surface area contributed by atoms with Gasteiger partial charge in [0.15, 0.2) is 5.90 Å². The molecule has 2 aliphatic rings. The highest BCUT2D eigenvalue weighted by molar-refractivity contribution is 7.80. The van der Waals surface area contributed by atoms with Gasteiger partial charge in [-0.05, 0) is 45.7 Å². The van der Waals surface area contributed by atoms with Crippen molar-refractivity contribution in [2.75, 3.05) is 38.5 Å². The van der Waals surface area contributed by atoms with Gasteiger partial charge in [0.2, 0.25) is 5.91 Å². The summed E-state index contributed by atoms with van der Waals surface area (Å²) in [7, 11) is 0. The van der Waals surface area contributed by atoms with Crippen LogP contribution in [-0.4, -0.2) is 72.2 Å². The second-order valence-electron chi connectivity index (χ2n) is 7.04. The molecule has 0 aromatic carbocycles. The number of rotatable bonds is 6. The van der Waals surface area contributed by atoms with Gasteiger partial charge in [-0.15, -0.1) is 0 Å². The molecule has 0 aromatic rings. The predicted octanol–water partition coefficient (Wildman–Crippen LogP) is 1.35. The van der Waals surface area contributed by atoms with Crippen LogP contribution in [0, 0.1) is 11.3 Å². The number of carbonyl (C=O) groups is 1. The Morgan fingerprint density at radius 3 is 2.42 bits per heavy atom. The van der Waals surface area contributed by atoms with E-state index in [4.69, 9.17) is 15.9 Å². The lowest BCUT2D eigenvalue weighted by Gasteiger charge is -2.34. The van der Waals surface area contributed by atoms with Crippen molar-refractivity contribution < 1.29 is 9.53 Å². The van der Waals surface area contributed by atoms with E-state index >= 15 is 0 Å². The van der Waals surface area contributed by atoms with Crippen molar-refractivity contribution in [1.29, 1.82) is 5.41 Å². The number of piperidine rings is 2. The molecule has 0 saturated carbocycles. The van der Waals surface area contributed by atoms with Gasteiger partial charge in [-0.3, -0.25) is 15.1 Å². The SMILES string of the molecule is CC(N)C(=O)N1CCC(C(=N)OC(CS)CN2CCCCC2)CC1. The van der Waals surface area contributed by atoms with Gasteiger partial charge >= 0.3 is 0 Å². The number of hydrogen-bond acceptors (Lipinski definition) is 6. The molecule has 6 nitrogen and oxygen atoms in total. The van der Waals surface area contributed by atoms with E-state index in [1.165, 1.54) is 19.3 Å². The molecule has 0 spiro atoms. The molecule has 138 valence electrons. The van der Waals surface area contributed by atoms with Gasteiger partial charge in [0.1, 0.15) is 6.10 Å². The van der Waals surface area contributed by atoms with Crippen molar-refractivity contribution in [3.63, 3.8) is 0 Å². The van der Waals surface area contributed by atoms with E-state index < -0.39 is 6.04 Å². The monoisotopic (exact) mass is 356 g/mol. The molecular weight excluding hydrogens is 324 g/mol. The van der Waals surface area contributed by atoms with Crippen LogP contribution in [0.15, 0.2) is 0 Å². The highest BCUT2D eigenvalue weighted by atomic mass is 32.1. The second kappa shape index (κ2) is 9.63. The van der Waals surface area contributed by atoms with Gasteiger partial charge in [-0.2, -0.15) is 12.6 Å². The molecule has 2 unspecified atom stereocenters. The normalized spacial score (nSPS) is 22.9. The summed E-state index contributed by atoms with van der Waals surface area (Å²) in [6, 6.07) is -0.449. The molecule has 0 aromatic heterocycles. The van der Waals surface area contributed by atoms with Crippen molar-refractivity contribution in [2.45, 2.75) is 51.2 Å². The van der Waals surface area contributed by atoms with Crippen molar-refractivity contribution in [1.82, 2.24) is 9.80 Å². The minimum atomic E-state index is -0.449. The van der Waals surface area contributed by atoms with Gasteiger partial charge in [0.05, 0.1) is 6.04 Å². The van der Waals surface area contributed by atoms with Crippen LogP contribution in [0.4, 0.5) is 0 Å². The molecule has 2 rings (SSSR count). The Kier molecular flexibility index (Phi) is 7.84. The first-order valence-corrected chi connectivity index (χ1v) is 9.77. The summed E-state index contributed by atoms with van der Waals surface area (Å²) in [6.07, 6.45) is 5.35. The van der Waals surface area contributed by atoms with Crippen LogP contribution in [0.5, 0.6) is 0 Å². The van der Waals surface area contributed by atoms with E-state index in [2.05, 4.69) is 17.5 Å². The average molecular weight is 357 g/mol. The number of hydrogen-bond donors (Lipinski definition) is 3. The summed E-state index contributed by atoms with van der Waals surface area (Å²) in [5.41, 5.74) is 5.66. The summed E-state index contributed by atoms with van der Waals surface area (Å²) in [6.45, 7) is 6.14. The molecule has 3 N–H and O–H groups in total. The zero-order chi connectivity index (χ0) is 17.5. The van der Waals surface area contributed by atoms with Gasteiger partial charge in [0, 0.05) is 31.3 Å². The van der Waals surface area contributed by atoms with Crippen LogP contribution in [0.3, 0.4) is 0 Å². The number of amides is 1. The molecule has 0 aliphatic carbocycles. The van der Waals surface area contributed by atoms with E-state index in [9.17, 15) is 4.79 Å². The Hall–Kier alpha value is -0.790. The minimum Gasteiger partial charge on any atom is -0.475 e. The number of nitrogens with two attached hydrogens (primary N) is 1. The Morgan fingerprint density at radius 2 is 1.88 bits per heavy atom. The number of likely N-dealkylation sites (tertiary alicyclic amines) is 2. The van der Waals surface area contributed by atoms with Crippen molar-refractivity contribution >= 4 is 24.4 Å². The third-order valence-electron chi connectivity index (χ3n) is 4.97. The predicted molar refractivity (Wildman–Crippen MR) is 99.7 cm³/mol. The maximum absolute atomic E-state index is 11.9. The fourth-order valence-electron chi connectivity index (χ4n) is 3.49. The van der Waals surface area contributed by atoms with E-state index in [0.29, 0.717) is 24.7 Å². The standard InChI is InChI=1S/C17H32N4O2S/c1-13(18)17(22)21-9-5-14(6-10-21)16(19)23-15(12-24)11-20-7-3-2-4-8-20/h13-15,19,24H,2-12,18H2,1H3.